The second-order valence-electron chi connectivity index (χ2n) is 6.02. The van der Waals surface area contributed by atoms with Crippen molar-refractivity contribution in [3.8, 4) is 0 Å². The minimum atomic E-state index is -0.794. The zero-order valence-corrected chi connectivity index (χ0v) is 11.6. The van der Waals surface area contributed by atoms with Crippen molar-refractivity contribution in [3.63, 3.8) is 0 Å². The van der Waals surface area contributed by atoms with Gasteiger partial charge in [0.1, 0.15) is 0 Å². The normalized spacial score (nSPS) is 24.6. The Kier molecular flexibility index (Phi) is 5.23. The monoisotopic (exact) mass is 267 g/mol. The van der Waals surface area contributed by atoms with Crippen LogP contribution < -0.4 is 0 Å². The number of carbonyl (C=O) groups is 2. The van der Waals surface area contributed by atoms with Crippen molar-refractivity contribution >= 4 is 11.9 Å². The van der Waals surface area contributed by atoms with Crippen LogP contribution in [-0.2, 0) is 9.59 Å². The van der Waals surface area contributed by atoms with Crippen LogP contribution in [0.15, 0.2) is 0 Å². The predicted molar refractivity (Wildman–Crippen MR) is 72.8 cm³/mol. The molecule has 1 aliphatic carbocycles. The lowest BCUT2D eigenvalue weighted by Gasteiger charge is -2.26. The van der Waals surface area contributed by atoms with Crippen LogP contribution in [0.4, 0.5) is 0 Å². The van der Waals surface area contributed by atoms with Gasteiger partial charge in [-0.25, -0.2) is 0 Å². The van der Waals surface area contributed by atoms with E-state index in [9.17, 15) is 9.59 Å². The van der Waals surface area contributed by atoms with Crippen molar-refractivity contribution in [2.24, 2.45) is 5.92 Å². The van der Waals surface area contributed by atoms with Crippen molar-refractivity contribution in [1.29, 1.82) is 0 Å². The standard InChI is InChI=1S/C15H25NO3/c17-14(9-8-12-5-2-1-3-6-12)16-10-4-7-13(16)11-15(18)19/h12-13H,1-11H2,(H,18,19). The first kappa shape index (κ1) is 14.4. The van der Waals surface area contributed by atoms with Crippen LogP contribution in [-0.4, -0.2) is 34.5 Å². The number of aliphatic carboxylic acids is 1. The summed E-state index contributed by atoms with van der Waals surface area (Å²) in [4.78, 5) is 24.8. The van der Waals surface area contributed by atoms with Crippen LogP contribution in [0.3, 0.4) is 0 Å². The summed E-state index contributed by atoms with van der Waals surface area (Å²) in [5.74, 6) is 0.101. The number of carboxylic acids is 1. The van der Waals surface area contributed by atoms with E-state index in [0.29, 0.717) is 6.42 Å². The maximum absolute atomic E-state index is 12.2. The molecule has 0 aromatic rings. The van der Waals surface area contributed by atoms with Gasteiger partial charge in [0.25, 0.3) is 0 Å². The first-order valence-corrected chi connectivity index (χ1v) is 7.68. The minimum Gasteiger partial charge on any atom is -0.481 e. The van der Waals surface area contributed by atoms with Crippen molar-refractivity contribution in [2.75, 3.05) is 6.54 Å². The molecule has 1 N–H and O–H groups in total. The second kappa shape index (κ2) is 6.92. The summed E-state index contributed by atoms with van der Waals surface area (Å²) in [7, 11) is 0. The molecule has 2 aliphatic rings. The predicted octanol–water partition coefficient (Wildman–Crippen LogP) is 2.81. The maximum Gasteiger partial charge on any atom is 0.305 e. The van der Waals surface area contributed by atoms with Crippen molar-refractivity contribution in [2.45, 2.75) is 70.3 Å². The fourth-order valence-corrected chi connectivity index (χ4v) is 3.52. The molecule has 2 rings (SSSR count). The second-order valence-corrected chi connectivity index (χ2v) is 6.02. The third kappa shape index (κ3) is 4.22. The molecule has 2 fully saturated rings. The van der Waals surface area contributed by atoms with Crippen LogP contribution in [0, 0.1) is 5.92 Å². The van der Waals surface area contributed by atoms with Gasteiger partial charge in [0.15, 0.2) is 0 Å². The van der Waals surface area contributed by atoms with Gasteiger partial charge in [-0.15, -0.1) is 0 Å². The Morgan fingerprint density at radius 2 is 1.79 bits per heavy atom. The summed E-state index contributed by atoms with van der Waals surface area (Å²) >= 11 is 0. The Balaban J connectivity index is 1.76. The molecule has 0 aromatic carbocycles. The lowest BCUT2D eigenvalue weighted by atomic mass is 9.86. The van der Waals surface area contributed by atoms with Gasteiger partial charge >= 0.3 is 5.97 Å². The molecule has 1 saturated carbocycles. The highest BCUT2D eigenvalue weighted by Crippen LogP contribution is 2.28. The van der Waals surface area contributed by atoms with Gasteiger partial charge in [-0.3, -0.25) is 9.59 Å². The molecule has 4 heteroatoms. The number of hydrogen-bond acceptors (Lipinski definition) is 2. The number of carbonyl (C=O) groups excluding carboxylic acids is 1. The van der Waals surface area contributed by atoms with Crippen LogP contribution in [0.5, 0.6) is 0 Å². The SMILES string of the molecule is O=C(O)CC1CCCN1C(=O)CCC1CCCCC1. The first-order chi connectivity index (χ1) is 9.16. The molecule has 108 valence electrons. The van der Waals surface area contributed by atoms with Gasteiger partial charge < -0.3 is 10.0 Å². The third-order valence-corrected chi connectivity index (χ3v) is 4.60. The fourth-order valence-electron chi connectivity index (χ4n) is 3.52. The third-order valence-electron chi connectivity index (χ3n) is 4.60. The van der Waals surface area contributed by atoms with E-state index in [1.54, 1.807) is 0 Å². The van der Waals surface area contributed by atoms with E-state index in [4.69, 9.17) is 5.11 Å². The average molecular weight is 267 g/mol. The Bertz CT molecular complexity index is 323. The zero-order chi connectivity index (χ0) is 13.7. The summed E-state index contributed by atoms with van der Waals surface area (Å²) in [6.45, 7) is 0.751. The van der Waals surface area contributed by atoms with Crippen molar-refractivity contribution in [3.05, 3.63) is 0 Å². The molecule has 0 spiro atoms. The molecule has 1 aliphatic heterocycles. The van der Waals surface area contributed by atoms with Crippen molar-refractivity contribution < 1.29 is 14.7 Å². The highest BCUT2D eigenvalue weighted by atomic mass is 16.4. The molecular weight excluding hydrogens is 242 g/mol. The summed E-state index contributed by atoms with van der Waals surface area (Å²) in [5.41, 5.74) is 0. The van der Waals surface area contributed by atoms with Gasteiger partial charge in [-0.2, -0.15) is 0 Å². The van der Waals surface area contributed by atoms with Gasteiger partial charge in [0, 0.05) is 19.0 Å². The number of carboxylic acid groups (broad SMARTS) is 1. The molecule has 0 bridgehead atoms. The summed E-state index contributed by atoms with van der Waals surface area (Å²) in [6.07, 6.45) is 10.0. The molecule has 1 heterocycles. The van der Waals surface area contributed by atoms with Gasteiger partial charge in [-0.05, 0) is 25.2 Å². The minimum absolute atomic E-state index is 0.0589. The molecular formula is C15H25NO3. The number of nitrogens with zero attached hydrogens (tertiary/aromatic N) is 1. The fraction of sp³-hybridized carbons (Fsp3) is 0.867. The molecule has 1 amide bonds. The quantitative estimate of drug-likeness (QED) is 0.833. The highest BCUT2D eigenvalue weighted by Gasteiger charge is 2.30. The molecule has 0 aromatic heterocycles. The highest BCUT2D eigenvalue weighted by molar-refractivity contribution is 5.78. The van der Waals surface area contributed by atoms with Gasteiger partial charge in [0.2, 0.25) is 5.91 Å². The van der Waals surface area contributed by atoms with Crippen molar-refractivity contribution in [1.82, 2.24) is 4.90 Å². The van der Waals surface area contributed by atoms with Gasteiger partial charge in [-0.1, -0.05) is 32.1 Å². The van der Waals surface area contributed by atoms with Crippen LogP contribution >= 0.6 is 0 Å². The molecule has 1 unspecified atom stereocenters. The Hall–Kier alpha value is -1.06. The molecule has 1 atom stereocenters. The molecule has 0 radical (unpaired) electrons. The summed E-state index contributed by atoms with van der Waals surface area (Å²) < 4.78 is 0. The molecule has 1 saturated heterocycles. The van der Waals surface area contributed by atoms with Crippen LogP contribution in [0.25, 0.3) is 0 Å². The largest absolute Gasteiger partial charge is 0.481 e. The summed E-state index contributed by atoms with van der Waals surface area (Å²) in [6, 6.07) is -0.0589. The zero-order valence-electron chi connectivity index (χ0n) is 11.6. The van der Waals surface area contributed by atoms with Gasteiger partial charge in [0.05, 0.1) is 6.42 Å². The number of rotatable bonds is 5. The average Bonchev–Trinajstić information content (AvgIpc) is 2.84. The summed E-state index contributed by atoms with van der Waals surface area (Å²) in [5, 5.41) is 8.87. The number of hydrogen-bond donors (Lipinski definition) is 1. The van der Waals surface area contributed by atoms with E-state index in [1.807, 2.05) is 4.90 Å². The lowest BCUT2D eigenvalue weighted by molar-refractivity contribution is -0.140. The molecule has 19 heavy (non-hydrogen) atoms. The molecule has 4 nitrogen and oxygen atoms in total. The Morgan fingerprint density at radius 1 is 1.05 bits per heavy atom. The number of likely N-dealkylation sites (tertiary alicyclic amines) is 1. The first-order valence-electron chi connectivity index (χ1n) is 7.68. The van der Waals surface area contributed by atoms with E-state index in [0.717, 1.165) is 31.7 Å². The van der Waals surface area contributed by atoms with Crippen LogP contribution in [0.2, 0.25) is 0 Å². The maximum atomic E-state index is 12.2. The van der Waals surface area contributed by atoms with E-state index in [2.05, 4.69) is 0 Å². The van der Waals surface area contributed by atoms with E-state index < -0.39 is 5.97 Å². The topological polar surface area (TPSA) is 57.6 Å². The van der Waals surface area contributed by atoms with E-state index >= 15 is 0 Å². The lowest BCUT2D eigenvalue weighted by Crippen LogP contribution is -2.37. The number of amides is 1. The Morgan fingerprint density at radius 3 is 2.47 bits per heavy atom. The Labute approximate surface area is 115 Å². The van der Waals surface area contributed by atoms with Crippen LogP contribution in [0.1, 0.15) is 64.2 Å². The smallest absolute Gasteiger partial charge is 0.305 e. The van der Waals surface area contributed by atoms with E-state index in [-0.39, 0.29) is 18.4 Å². The van der Waals surface area contributed by atoms with E-state index in [1.165, 1.54) is 32.1 Å².